The Bertz CT molecular complexity index is 4400. The molecule has 0 radical (unpaired) electrons. The second kappa shape index (κ2) is 35.8. The average molecular weight is 1620 g/mol. The predicted octanol–water partition coefficient (Wildman–Crippen LogP) is 7.84. The summed E-state index contributed by atoms with van der Waals surface area (Å²) in [6.07, 6.45) is 12.6. The maximum absolute atomic E-state index is 14.6. The highest BCUT2D eigenvalue weighted by Gasteiger charge is 2.51. The van der Waals surface area contributed by atoms with E-state index in [1.54, 1.807) is 59.7 Å². The van der Waals surface area contributed by atoms with Crippen molar-refractivity contribution < 1.29 is 82.8 Å². The van der Waals surface area contributed by atoms with Gasteiger partial charge in [-0.05, 0) is 204 Å². The summed E-state index contributed by atoms with van der Waals surface area (Å²) in [6, 6.07) is 0.982. The highest BCUT2D eigenvalue weighted by atomic mass is 32.2. The molecule has 6 fully saturated rings. The number of nitrogens with zero attached hydrogens (tertiary/aromatic N) is 7. The Hall–Kier alpha value is -6.00. The molecule has 8 heterocycles. The van der Waals surface area contributed by atoms with Crippen molar-refractivity contribution in [3.8, 4) is 0 Å². The van der Waals surface area contributed by atoms with Gasteiger partial charge in [0.05, 0.1) is 72.5 Å². The van der Waals surface area contributed by atoms with Crippen LogP contribution in [-0.4, -0.2) is 179 Å². The van der Waals surface area contributed by atoms with Crippen LogP contribution < -0.4 is 31.5 Å². The molecule has 3 unspecified atom stereocenters. The normalized spacial score (nSPS) is 24.0. The molecule has 0 aliphatic carbocycles. The molecule has 5 aromatic rings. The zero-order chi connectivity index (χ0) is 79.3. The first-order valence-electron chi connectivity index (χ1n) is 35.9. The summed E-state index contributed by atoms with van der Waals surface area (Å²) in [5.41, 5.74) is 13.3. The Balaban J connectivity index is 0.000000188. The number of piperidine rings is 3. The number of hydrogen-bond acceptors (Lipinski definition) is 16. The van der Waals surface area contributed by atoms with Gasteiger partial charge in [-0.15, -0.1) is 0 Å². The Morgan fingerprint density at radius 1 is 0.454 bits per heavy atom. The molecule has 14 atom stereocenters. The van der Waals surface area contributed by atoms with Crippen molar-refractivity contribution in [2.45, 2.75) is 216 Å². The van der Waals surface area contributed by atoms with Gasteiger partial charge < -0.3 is 22.1 Å². The standard InChI is InChI=1S/C27H36F3N5O4S2.C23H28F3N5O3S.C21H32F3N3O3S2/c1-16-14-33-25(15-32-16)26(36)31-7-8-41(38,39)35-19-5-6-20(35)10-18(9-19)24(34-40(37)27(2,3)4)12-17-11-22(29)23(30)13-21(17)28;1-13-11-30-22(12-29-13)23(32)28-4-5-35(33,34)31-16-2-3-17(31)7-15(6-16)21(27)9-14-8-19(25)20(26)10-18(14)24;1-21(2,3)31(28)26-20(11-13-10-18(23)19(24)12-17(13)22)14-8-15-4-5-16(9-14)27(15)32(29,30)7-6-25/h11,13-15,18-20,24,34H,5-10,12H2,1-4H3,(H,31,36);8,10-12,15-17,21H,2-7,9,27H2,1H3,(H,28,32);10,12,14-16,20,26H,4-9,11,25H2,1-3H3/t18?,19-,20+,24-,40+;15?,16-,17+,21-;14?,15-,16+,20-,31+/m111/s1. The number of carbonyl (C=O) groups excluding carboxylic acids is 2. The lowest BCUT2D eigenvalue weighted by atomic mass is 9.83. The van der Waals surface area contributed by atoms with Crippen LogP contribution in [0.15, 0.2) is 61.2 Å². The summed E-state index contributed by atoms with van der Waals surface area (Å²) in [4.78, 5) is 40.5. The summed E-state index contributed by atoms with van der Waals surface area (Å²) in [6.45, 7) is 14.1. The smallest absolute Gasteiger partial charge is 0.271 e. The van der Waals surface area contributed by atoms with E-state index in [0.717, 1.165) is 31.0 Å². The topological polar surface area (TPSA) is 332 Å². The lowest BCUT2D eigenvalue weighted by Crippen LogP contribution is -2.53. The van der Waals surface area contributed by atoms with E-state index < -0.39 is 144 Å². The lowest BCUT2D eigenvalue weighted by molar-refractivity contribution is 0.0942. The number of carbonyl (C=O) groups is 2. The van der Waals surface area contributed by atoms with Crippen molar-refractivity contribution in [1.82, 2.24) is 52.9 Å². The maximum Gasteiger partial charge on any atom is 0.271 e. The molecule has 6 bridgehead atoms. The number of nitrogens with two attached hydrogens (primary N) is 2. The molecule has 598 valence electrons. The van der Waals surface area contributed by atoms with Crippen LogP contribution in [0.4, 0.5) is 39.5 Å². The van der Waals surface area contributed by atoms with Crippen LogP contribution in [0.5, 0.6) is 0 Å². The SMILES string of the molecule is CC(C)(C)[S@](=O)N[C@H](Cc1cc(F)c(F)cc1F)C1C[C@H]2CC[C@@H](C1)N2S(=O)(=O)CCN.Cc1cnc(C(=O)NCCS(=O)(=O)N2[C@@H]3CC[C@H]2CC([C@@H](Cc2cc(F)c(F)cc2F)N[S@@](=O)C(C)(C)C)C3)cn1.Cc1cnc(C(=O)NCCS(=O)(=O)N2[C@@H]3CC[C@H]2CC([C@H](N)Cc2cc(F)c(F)cc2F)C3)cn1. The van der Waals surface area contributed by atoms with Crippen molar-refractivity contribution in [1.29, 1.82) is 0 Å². The van der Waals surface area contributed by atoms with E-state index in [1.807, 2.05) is 0 Å². The molecule has 3 aromatic carbocycles. The molecule has 2 aromatic heterocycles. The van der Waals surface area contributed by atoms with Gasteiger partial charge in [0.2, 0.25) is 30.1 Å². The van der Waals surface area contributed by atoms with Crippen LogP contribution in [0.25, 0.3) is 0 Å². The summed E-state index contributed by atoms with van der Waals surface area (Å²) >= 11 is 0. The van der Waals surface area contributed by atoms with E-state index in [1.165, 1.54) is 33.4 Å². The van der Waals surface area contributed by atoms with Crippen LogP contribution in [0.2, 0.25) is 0 Å². The van der Waals surface area contributed by atoms with E-state index in [0.29, 0.717) is 93.8 Å². The molecule has 6 saturated heterocycles. The van der Waals surface area contributed by atoms with Gasteiger partial charge in [0, 0.05) is 105 Å². The second-order valence-electron chi connectivity index (χ2n) is 30.7. The number of amides is 2. The first-order chi connectivity index (χ1) is 50.5. The first kappa shape index (κ1) is 86.0. The fourth-order valence-electron chi connectivity index (χ4n) is 15.4. The molecule has 23 nitrogen and oxygen atoms in total. The van der Waals surface area contributed by atoms with Gasteiger partial charge in [-0.1, -0.05) is 0 Å². The number of benzene rings is 3. The monoisotopic (exact) mass is 1620 g/mol. The van der Waals surface area contributed by atoms with Gasteiger partial charge in [-0.25, -0.2) is 92.6 Å². The predicted molar refractivity (Wildman–Crippen MR) is 390 cm³/mol. The molecule has 8 N–H and O–H groups in total. The highest BCUT2D eigenvalue weighted by Crippen LogP contribution is 2.46. The van der Waals surface area contributed by atoms with Crippen molar-refractivity contribution in [2.24, 2.45) is 29.2 Å². The fraction of sp³-hybridized carbons (Fsp3) is 0.606. The first-order valence-corrected chi connectivity index (χ1v) is 43.1. The van der Waals surface area contributed by atoms with Crippen molar-refractivity contribution in [3.05, 3.63) is 153 Å². The number of rotatable bonds is 26. The van der Waals surface area contributed by atoms with E-state index in [2.05, 4.69) is 40.0 Å². The van der Waals surface area contributed by atoms with Gasteiger partial charge in [0.1, 0.15) is 28.8 Å². The van der Waals surface area contributed by atoms with E-state index in [4.69, 9.17) is 11.5 Å². The third-order valence-corrected chi connectivity index (χ3v) is 29.9. The lowest BCUT2D eigenvalue weighted by Gasteiger charge is -2.41. The summed E-state index contributed by atoms with van der Waals surface area (Å²) < 4.78 is 238. The molecule has 6 aliphatic rings. The minimum Gasteiger partial charge on any atom is -0.350 e. The highest BCUT2D eigenvalue weighted by molar-refractivity contribution is 7.89. The molecule has 37 heteroatoms. The molecule has 6 aliphatic heterocycles. The van der Waals surface area contributed by atoms with Gasteiger partial charge in [0.15, 0.2) is 34.9 Å². The zero-order valence-electron chi connectivity index (χ0n) is 61.4. The molecule has 0 spiro atoms. The zero-order valence-corrected chi connectivity index (χ0v) is 65.4. The summed E-state index contributed by atoms with van der Waals surface area (Å²) in [5, 5.41) is 5.16. The minimum atomic E-state index is -3.72. The number of halogens is 9. The van der Waals surface area contributed by atoms with Gasteiger partial charge in [-0.2, -0.15) is 12.9 Å². The molecule has 108 heavy (non-hydrogen) atoms. The third-order valence-electron chi connectivity index (χ3n) is 20.7. The minimum absolute atomic E-state index is 0.00200. The summed E-state index contributed by atoms with van der Waals surface area (Å²) in [5.74, 6) is -11.8. The van der Waals surface area contributed by atoms with Gasteiger partial charge in [0.25, 0.3) is 11.8 Å². The number of nitrogens with one attached hydrogen (secondary N) is 4. The molecule has 11 rings (SSSR count). The van der Waals surface area contributed by atoms with E-state index >= 15 is 0 Å². The quantitative estimate of drug-likeness (QED) is 0.0227. The second-order valence-corrected chi connectivity index (χ2v) is 40.7. The molecular formula is C71H96F9N13O10S5. The van der Waals surface area contributed by atoms with Crippen molar-refractivity contribution in [2.75, 3.05) is 36.9 Å². The third kappa shape index (κ3) is 21.6. The Morgan fingerprint density at radius 3 is 1.03 bits per heavy atom. The van der Waals surface area contributed by atoms with Crippen molar-refractivity contribution >= 4 is 63.9 Å². The van der Waals surface area contributed by atoms with Crippen LogP contribution in [0.1, 0.15) is 168 Å². The van der Waals surface area contributed by atoms with Crippen LogP contribution in [0, 0.1) is 84.0 Å². The van der Waals surface area contributed by atoms with E-state index in [-0.39, 0.29) is 138 Å². The van der Waals surface area contributed by atoms with Gasteiger partial charge >= 0.3 is 0 Å². The van der Waals surface area contributed by atoms with E-state index in [9.17, 15) is 82.8 Å². The number of fused-ring (bicyclic) bond motifs is 6. The Kier molecular flexibility index (Phi) is 28.5. The van der Waals surface area contributed by atoms with Crippen LogP contribution >= 0.6 is 0 Å². The Labute approximate surface area is 630 Å². The maximum atomic E-state index is 14.6. The number of hydrogen-bond donors (Lipinski definition) is 6. The Morgan fingerprint density at radius 2 is 0.741 bits per heavy atom. The molecule has 2 amide bonds. The van der Waals surface area contributed by atoms with Crippen LogP contribution in [-0.2, 0) is 71.3 Å². The average Bonchev–Trinajstić information content (AvgIpc) is 1.60. The number of aromatic nitrogens is 4. The van der Waals surface area contributed by atoms with Gasteiger partial charge in [-0.3, -0.25) is 19.6 Å². The van der Waals surface area contributed by atoms with Crippen molar-refractivity contribution in [3.63, 3.8) is 0 Å². The molecule has 0 saturated carbocycles. The fourth-order valence-corrected chi connectivity index (χ4v) is 22.8. The van der Waals surface area contributed by atoms with Crippen LogP contribution in [0.3, 0.4) is 0 Å². The number of aryl methyl sites for hydroxylation is 2. The number of sulfonamides is 3. The summed E-state index contributed by atoms with van der Waals surface area (Å²) in [7, 11) is -13.8. The largest absolute Gasteiger partial charge is 0.350 e. The molecular weight excluding hydrogens is 1530 g/mol.